The van der Waals surface area contributed by atoms with Crippen LogP contribution in [0.2, 0.25) is 0 Å². The van der Waals surface area contributed by atoms with Crippen molar-refractivity contribution in [2.24, 2.45) is 5.92 Å². The molecule has 0 aliphatic heterocycles. The number of methoxy groups -OCH3 is 2. The van der Waals surface area contributed by atoms with Crippen LogP contribution < -0.4 is 14.8 Å². The van der Waals surface area contributed by atoms with Crippen molar-refractivity contribution < 1.29 is 19.1 Å². The number of amides is 2. The van der Waals surface area contributed by atoms with Crippen molar-refractivity contribution in [1.29, 1.82) is 0 Å². The molecule has 2 amide bonds. The fourth-order valence-corrected chi connectivity index (χ4v) is 3.66. The highest BCUT2D eigenvalue weighted by Crippen LogP contribution is 2.28. The van der Waals surface area contributed by atoms with Crippen LogP contribution in [0.25, 0.3) is 0 Å². The zero-order valence-electron chi connectivity index (χ0n) is 20.8. The van der Waals surface area contributed by atoms with E-state index in [4.69, 9.17) is 9.47 Å². The van der Waals surface area contributed by atoms with Gasteiger partial charge < -0.3 is 19.7 Å². The lowest BCUT2D eigenvalue weighted by molar-refractivity contribution is -0.141. The second-order valence-electron chi connectivity index (χ2n) is 8.76. The van der Waals surface area contributed by atoms with Crippen LogP contribution in [0.15, 0.2) is 42.5 Å². The summed E-state index contributed by atoms with van der Waals surface area (Å²) in [5, 5.41) is 3.00. The van der Waals surface area contributed by atoms with Gasteiger partial charge in [0.15, 0.2) is 11.5 Å². The number of carbonyl (C=O) groups is 2. The Kier molecular flexibility index (Phi) is 10.2. The smallest absolute Gasteiger partial charge is 0.242 e. The molecule has 2 aromatic carbocycles. The van der Waals surface area contributed by atoms with Crippen molar-refractivity contribution in [2.45, 2.75) is 59.5 Å². The monoisotopic (exact) mass is 454 g/mol. The number of carbonyl (C=O) groups excluding carboxylic acids is 2. The third-order valence-corrected chi connectivity index (χ3v) is 5.62. The average Bonchev–Trinajstić information content (AvgIpc) is 2.81. The Labute approximate surface area is 198 Å². The van der Waals surface area contributed by atoms with E-state index in [1.54, 1.807) is 19.1 Å². The molecule has 0 unspecified atom stereocenters. The van der Waals surface area contributed by atoms with E-state index in [2.05, 4.69) is 19.2 Å². The fraction of sp³-hybridized carbons (Fsp3) is 0.481. The summed E-state index contributed by atoms with van der Waals surface area (Å²) in [5.74, 6) is 1.49. The van der Waals surface area contributed by atoms with Crippen LogP contribution in [-0.2, 0) is 22.6 Å². The van der Waals surface area contributed by atoms with Crippen molar-refractivity contribution in [1.82, 2.24) is 10.2 Å². The van der Waals surface area contributed by atoms with Gasteiger partial charge in [-0.05, 0) is 48.9 Å². The van der Waals surface area contributed by atoms with Crippen LogP contribution in [0.4, 0.5) is 0 Å². The number of hydrogen-bond donors (Lipinski definition) is 1. The predicted octanol–water partition coefficient (Wildman–Crippen LogP) is 4.52. The van der Waals surface area contributed by atoms with Gasteiger partial charge in [0, 0.05) is 19.5 Å². The van der Waals surface area contributed by atoms with Crippen LogP contribution in [0, 0.1) is 12.8 Å². The normalized spacial score (nSPS) is 11.7. The van der Waals surface area contributed by atoms with Crippen LogP contribution in [-0.4, -0.2) is 43.5 Å². The van der Waals surface area contributed by atoms with Crippen molar-refractivity contribution >= 4 is 11.8 Å². The maximum Gasteiger partial charge on any atom is 0.242 e. The first-order chi connectivity index (χ1) is 15.8. The standard InChI is InChI=1S/C27H38N2O4/c1-7-23(27(31)28-17-19(2)3)29(18-22-10-8-20(4)9-11-22)26(30)15-13-21-12-14-24(32-5)25(16-21)33-6/h8-12,14,16,19,23H,7,13,15,17-18H2,1-6H3,(H,28,31)/t23-/m0/s1. The van der Waals surface area contributed by atoms with Gasteiger partial charge in [-0.25, -0.2) is 0 Å². The van der Waals surface area contributed by atoms with Crippen LogP contribution in [0.1, 0.15) is 50.3 Å². The summed E-state index contributed by atoms with van der Waals surface area (Å²) < 4.78 is 10.7. The van der Waals surface area contributed by atoms with E-state index in [1.807, 2.05) is 56.3 Å². The molecule has 33 heavy (non-hydrogen) atoms. The average molecular weight is 455 g/mol. The van der Waals surface area contributed by atoms with E-state index >= 15 is 0 Å². The van der Waals surface area contributed by atoms with Crippen LogP contribution >= 0.6 is 0 Å². The molecule has 180 valence electrons. The molecule has 0 saturated carbocycles. The second-order valence-corrected chi connectivity index (χ2v) is 8.76. The molecular formula is C27H38N2O4. The number of rotatable bonds is 12. The van der Waals surface area contributed by atoms with Crippen molar-refractivity contribution in [3.8, 4) is 11.5 Å². The second kappa shape index (κ2) is 12.9. The molecule has 2 aromatic rings. The van der Waals surface area contributed by atoms with E-state index in [-0.39, 0.29) is 11.8 Å². The van der Waals surface area contributed by atoms with Gasteiger partial charge in [0.2, 0.25) is 11.8 Å². The number of aryl methyl sites for hydroxylation is 2. The highest BCUT2D eigenvalue weighted by Gasteiger charge is 2.28. The Morgan fingerprint density at radius 2 is 1.61 bits per heavy atom. The minimum atomic E-state index is -0.511. The third kappa shape index (κ3) is 7.81. The molecule has 0 aliphatic carbocycles. The summed E-state index contributed by atoms with van der Waals surface area (Å²) in [6.07, 6.45) is 1.40. The Morgan fingerprint density at radius 1 is 0.970 bits per heavy atom. The summed E-state index contributed by atoms with van der Waals surface area (Å²) in [6.45, 7) is 9.08. The van der Waals surface area contributed by atoms with Crippen molar-refractivity contribution in [3.63, 3.8) is 0 Å². The minimum Gasteiger partial charge on any atom is -0.493 e. The Bertz CT molecular complexity index is 909. The van der Waals surface area contributed by atoms with E-state index in [0.717, 1.165) is 16.7 Å². The molecule has 0 aromatic heterocycles. The first-order valence-corrected chi connectivity index (χ1v) is 11.6. The third-order valence-electron chi connectivity index (χ3n) is 5.62. The van der Waals surface area contributed by atoms with E-state index in [0.29, 0.717) is 49.8 Å². The van der Waals surface area contributed by atoms with Crippen molar-refractivity contribution in [2.75, 3.05) is 20.8 Å². The van der Waals surface area contributed by atoms with E-state index in [9.17, 15) is 9.59 Å². The lowest BCUT2D eigenvalue weighted by Gasteiger charge is -2.31. The highest BCUT2D eigenvalue weighted by molar-refractivity contribution is 5.87. The van der Waals surface area contributed by atoms with Gasteiger partial charge >= 0.3 is 0 Å². The number of nitrogens with zero attached hydrogens (tertiary/aromatic N) is 1. The van der Waals surface area contributed by atoms with E-state index in [1.165, 1.54) is 0 Å². The number of ether oxygens (including phenoxy) is 2. The summed E-state index contributed by atoms with van der Waals surface area (Å²) in [4.78, 5) is 28.1. The Hall–Kier alpha value is -3.02. The highest BCUT2D eigenvalue weighted by atomic mass is 16.5. The lowest BCUT2D eigenvalue weighted by atomic mass is 10.0. The van der Waals surface area contributed by atoms with Crippen LogP contribution in [0.5, 0.6) is 11.5 Å². The van der Waals surface area contributed by atoms with Crippen LogP contribution in [0.3, 0.4) is 0 Å². The quantitative estimate of drug-likeness (QED) is 0.512. The molecule has 0 saturated heterocycles. The molecule has 0 bridgehead atoms. The first kappa shape index (κ1) is 26.2. The Balaban J connectivity index is 2.20. The zero-order valence-corrected chi connectivity index (χ0v) is 20.8. The predicted molar refractivity (Wildman–Crippen MR) is 132 cm³/mol. The number of nitrogens with one attached hydrogen (secondary N) is 1. The van der Waals surface area contributed by atoms with Gasteiger partial charge in [0.05, 0.1) is 14.2 Å². The summed E-state index contributed by atoms with van der Waals surface area (Å²) in [6, 6.07) is 13.3. The Morgan fingerprint density at radius 3 is 2.18 bits per heavy atom. The van der Waals surface area contributed by atoms with E-state index < -0.39 is 6.04 Å². The van der Waals surface area contributed by atoms with Gasteiger partial charge in [-0.3, -0.25) is 9.59 Å². The lowest BCUT2D eigenvalue weighted by Crippen LogP contribution is -2.49. The zero-order chi connectivity index (χ0) is 24.4. The number of hydrogen-bond acceptors (Lipinski definition) is 4. The maximum atomic E-state index is 13.4. The van der Waals surface area contributed by atoms with Gasteiger partial charge in [-0.1, -0.05) is 56.7 Å². The van der Waals surface area contributed by atoms with Gasteiger partial charge in [0.25, 0.3) is 0 Å². The molecule has 2 rings (SSSR count). The summed E-state index contributed by atoms with van der Waals surface area (Å²) in [5.41, 5.74) is 3.15. The molecule has 0 fully saturated rings. The summed E-state index contributed by atoms with van der Waals surface area (Å²) in [7, 11) is 3.19. The minimum absolute atomic E-state index is 0.0445. The van der Waals surface area contributed by atoms with Crippen molar-refractivity contribution in [3.05, 3.63) is 59.2 Å². The molecule has 1 atom stereocenters. The molecule has 0 radical (unpaired) electrons. The topological polar surface area (TPSA) is 67.9 Å². The molecule has 1 N–H and O–H groups in total. The molecule has 6 heteroatoms. The molecule has 0 aliphatic rings. The van der Waals surface area contributed by atoms with Gasteiger partial charge in [0.1, 0.15) is 6.04 Å². The largest absolute Gasteiger partial charge is 0.493 e. The molecule has 0 spiro atoms. The molecule has 6 nitrogen and oxygen atoms in total. The maximum absolute atomic E-state index is 13.4. The summed E-state index contributed by atoms with van der Waals surface area (Å²) >= 11 is 0. The van der Waals surface area contributed by atoms with Gasteiger partial charge in [-0.2, -0.15) is 0 Å². The fourth-order valence-electron chi connectivity index (χ4n) is 3.66. The van der Waals surface area contributed by atoms with Gasteiger partial charge in [-0.15, -0.1) is 0 Å². The first-order valence-electron chi connectivity index (χ1n) is 11.6. The molecular weight excluding hydrogens is 416 g/mol. The number of benzene rings is 2. The SMILES string of the molecule is CC[C@@H](C(=O)NCC(C)C)N(Cc1ccc(C)cc1)C(=O)CCc1ccc(OC)c(OC)c1. The molecule has 0 heterocycles.